The van der Waals surface area contributed by atoms with Crippen molar-refractivity contribution in [2.75, 3.05) is 6.61 Å². The fraction of sp³-hybridized carbons (Fsp3) is 0.111. The van der Waals surface area contributed by atoms with Gasteiger partial charge in [0.15, 0.2) is 11.5 Å². The monoisotopic (exact) mass is 278 g/mol. The summed E-state index contributed by atoms with van der Waals surface area (Å²) in [5, 5.41) is 2.01. The topological polar surface area (TPSA) is 35.5 Å². The predicted molar refractivity (Wildman–Crippen MR) is 82.6 cm³/mol. The summed E-state index contributed by atoms with van der Waals surface area (Å²) in [5.74, 6) is 1.50. The Kier molecular flexibility index (Phi) is 2.71. The first kappa shape index (κ1) is 12.1. The summed E-state index contributed by atoms with van der Waals surface area (Å²) in [6.45, 7) is 2.56. The van der Waals surface area contributed by atoms with Gasteiger partial charge in [0.25, 0.3) is 0 Å². The molecule has 2 aromatic carbocycles. The minimum absolute atomic E-state index is 0.590. The van der Waals surface area contributed by atoms with E-state index < -0.39 is 0 Å². The minimum atomic E-state index is 0.590. The summed E-state index contributed by atoms with van der Waals surface area (Å²) >= 11 is 0. The van der Waals surface area contributed by atoms with E-state index in [-0.39, 0.29) is 0 Å². The molecule has 0 radical (unpaired) electrons. The van der Waals surface area contributed by atoms with Crippen molar-refractivity contribution in [1.82, 2.24) is 0 Å². The molecule has 0 fully saturated rings. The summed E-state index contributed by atoms with van der Waals surface area (Å²) < 4.78 is 17.5. The lowest BCUT2D eigenvalue weighted by Gasteiger charge is -2.02. The average molecular weight is 278 g/mol. The smallest absolute Gasteiger partial charge is 0.181 e. The van der Waals surface area contributed by atoms with Crippen LogP contribution in [0.5, 0.6) is 5.75 Å². The molecule has 3 nitrogen and oxygen atoms in total. The van der Waals surface area contributed by atoms with Crippen molar-refractivity contribution >= 4 is 21.9 Å². The van der Waals surface area contributed by atoms with Gasteiger partial charge in [0, 0.05) is 5.39 Å². The van der Waals surface area contributed by atoms with Gasteiger partial charge in [0.05, 0.1) is 17.6 Å². The third-order valence-corrected chi connectivity index (χ3v) is 3.56. The Bertz CT molecular complexity index is 914. The number of furan rings is 2. The molecule has 3 heteroatoms. The van der Waals surface area contributed by atoms with Crippen LogP contribution >= 0.6 is 0 Å². The Balaban J connectivity index is 2.03. The highest BCUT2D eigenvalue weighted by molar-refractivity contribution is 5.99. The zero-order chi connectivity index (χ0) is 14.2. The van der Waals surface area contributed by atoms with Crippen LogP contribution in [-0.2, 0) is 0 Å². The molecule has 4 aromatic rings. The van der Waals surface area contributed by atoms with E-state index in [1.807, 2.05) is 55.5 Å². The molecule has 0 saturated carbocycles. The van der Waals surface area contributed by atoms with Gasteiger partial charge in [-0.2, -0.15) is 0 Å². The van der Waals surface area contributed by atoms with Gasteiger partial charge in [0.2, 0.25) is 0 Å². The van der Waals surface area contributed by atoms with E-state index in [4.69, 9.17) is 13.6 Å². The summed E-state index contributed by atoms with van der Waals surface area (Å²) in [7, 11) is 0. The van der Waals surface area contributed by atoms with Crippen LogP contribution in [0, 0.1) is 0 Å². The van der Waals surface area contributed by atoms with Gasteiger partial charge in [-0.15, -0.1) is 0 Å². The number of hydrogen-bond donors (Lipinski definition) is 0. The third-order valence-electron chi connectivity index (χ3n) is 3.56. The van der Waals surface area contributed by atoms with Crippen molar-refractivity contribution in [3.8, 4) is 17.1 Å². The lowest BCUT2D eigenvalue weighted by molar-refractivity contribution is 0.341. The minimum Gasteiger partial charge on any atom is -0.489 e. The molecule has 0 saturated heterocycles. The number of ether oxygens (including phenoxy) is 1. The molecule has 0 aliphatic heterocycles. The number of hydrogen-bond acceptors (Lipinski definition) is 3. The van der Waals surface area contributed by atoms with Crippen molar-refractivity contribution in [2.24, 2.45) is 0 Å². The molecule has 0 bridgehead atoms. The standard InChI is InChI=1S/C18H14O3/c1-2-19-17-13-8-4-6-10-16(13)21-18(17)14-11-20-15-9-5-3-7-12(14)15/h3-11H,2H2,1H3. The van der Waals surface area contributed by atoms with Crippen LogP contribution < -0.4 is 4.74 Å². The van der Waals surface area contributed by atoms with Crippen LogP contribution in [0.1, 0.15) is 6.92 Å². The second-order valence-electron chi connectivity index (χ2n) is 4.84. The molecule has 0 amide bonds. The maximum absolute atomic E-state index is 6.02. The highest BCUT2D eigenvalue weighted by Gasteiger charge is 2.20. The molecule has 2 aromatic heterocycles. The van der Waals surface area contributed by atoms with E-state index in [1.54, 1.807) is 6.26 Å². The summed E-state index contributed by atoms with van der Waals surface area (Å²) in [6, 6.07) is 15.8. The number of para-hydroxylation sites is 2. The zero-order valence-electron chi connectivity index (χ0n) is 11.6. The van der Waals surface area contributed by atoms with E-state index in [9.17, 15) is 0 Å². The van der Waals surface area contributed by atoms with Crippen LogP contribution in [-0.4, -0.2) is 6.61 Å². The van der Waals surface area contributed by atoms with Crippen LogP contribution in [0.15, 0.2) is 63.6 Å². The van der Waals surface area contributed by atoms with Crippen LogP contribution in [0.25, 0.3) is 33.3 Å². The second-order valence-corrected chi connectivity index (χ2v) is 4.84. The number of fused-ring (bicyclic) bond motifs is 2. The van der Waals surface area contributed by atoms with Gasteiger partial charge in [-0.25, -0.2) is 0 Å². The molecule has 0 atom stereocenters. The average Bonchev–Trinajstić information content (AvgIpc) is 3.09. The molecule has 2 heterocycles. The molecule has 0 unspecified atom stereocenters. The van der Waals surface area contributed by atoms with E-state index in [1.165, 1.54) is 0 Å². The third kappa shape index (κ3) is 1.82. The quantitative estimate of drug-likeness (QED) is 0.513. The van der Waals surface area contributed by atoms with E-state index in [0.29, 0.717) is 6.61 Å². The zero-order valence-corrected chi connectivity index (χ0v) is 11.6. The van der Waals surface area contributed by atoms with E-state index in [2.05, 4.69) is 0 Å². The lowest BCUT2D eigenvalue weighted by atomic mass is 10.1. The molecule has 0 aliphatic rings. The van der Waals surface area contributed by atoms with Crippen molar-refractivity contribution in [1.29, 1.82) is 0 Å². The fourth-order valence-corrected chi connectivity index (χ4v) is 2.64. The fourth-order valence-electron chi connectivity index (χ4n) is 2.64. The first-order chi connectivity index (χ1) is 10.4. The first-order valence-corrected chi connectivity index (χ1v) is 6.99. The van der Waals surface area contributed by atoms with Gasteiger partial charge < -0.3 is 13.6 Å². The van der Waals surface area contributed by atoms with E-state index >= 15 is 0 Å². The molecule has 21 heavy (non-hydrogen) atoms. The molecular formula is C18H14O3. The van der Waals surface area contributed by atoms with Crippen LogP contribution in [0.4, 0.5) is 0 Å². The Morgan fingerprint density at radius 2 is 1.62 bits per heavy atom. The normalized spacial score (nSPS) is 11.3. The van der Waals surface area contributed by atoms with Crippen molar-refractivity contribution in [3.05, 3.63) is 54.8 Å². The lowest BCUT2D eigenvalue weighted by Crippen LogP contribution is -1.91. The Hall–Kier alpha value is -2.68. The van der Waals surface area contributed by atoms with E-state index in [0.717, 1.165) is 39.0 Å². The maximum atomic E-state index is 6.02. The second kappa shape index (κ2) is 4.70. The number of benzene rings is 2. The van der Waals surface area contributed by atoms with Crippen LogP contribution in [0.3, 0.4) is 0 Å². The predicted octanol–water partition coefficient (Wildman–Crippen LogP) is 5.24. The molecule has 0 N–H and O–H groups in total. The highest BCUT2D eigenvalue weighted by Crippen LogP contribution is 2.42. The summed E-state index contributed by atoms with van der Waals surface area (Å²) in [4.78, 5) is 0. The van der Waals surface area contributed by atoms with Gasteiger partial charge in [-0.05, 0) is 25.1 Å². The largest absolute Gasteiger partial charge is 0.489 e. The summed E-state index contributed by atoms with van der Waals surface area (Å²) in [6.07, 6.45) is 1.73. The SMILES string of the molecule is CCOc1c(-c2coc3ccccc23)oc2ccccc12. The molecule has 0 aliphatic carbocycles. The van der Waals surface area contributed by atoms with Gasteiger partial charge in [0.1, 0.15) is 17.4 Å². The Morgan fingerprint density at radius 3 is 2.43 bits per heavy atom. The summed E-state index contributed by atoms with van der Waals surface area (Å²) in [5.41, 5.74) is 2.59. The Labute approximate surface area is 121 Å². The Morgan fingerprint density at radius 1 is 0.905 bits per heavy atom. The van der Waals surface area contributed by atoms with Crippen molar-refractivity contribution < 1.29 is 13.6 Å². The highest BCUT2D eigenvalue weighted by atomic mass is 16.5. The molecular weight excluding hydrogens is 264 g/mol. The maximum Gasteiger partial charge on any atom is 0.181 e. The van der Waals surface area contributed by atoms with Gasteiger partial charge in [-0.1, -0.05) is 30.3 Å². The van der Waals surface area contributed by atoms with Crippen molar-refractivity contribution in [3.63, 3.8) is 0 Å². The molecule has 0 spiro atoms. The number of rotatable bonds is 3. The van der Waals surface area contributed by atoms with Crippen molar-refractivity contribution in [2.45, 2.75) is 6.92 Å². The molecule has 104 valence electrons. The first-order valence-electron chi connectivity index (χ1n) is 6.99. The molecule has 4 rings (SSSR count). The van der Waals surface area contributed by atoms with Crippen LogP contribution in [0.2, 0.25) is 0 Å². The van der Waals surface area contributed by atoms with Gasteiger partial charge >= 0.3 is 0 Å². The van der Waals surface area contributed by atoms with Gasteiger partial charge in [-0.3, -0.25) is 0 Å².